The highest BCUT2D eigenvalue weighted by Crippen LogP contribution is 2.29. The molecular formula is C17H11BrCl2N4O. The van der Waals surface area contributed by atoms with E-state index in [1.54, 1.807) is 30.5 Å². The first-order valence-corrected chi connectivity index (χ1v) is 8.67. The van der Waals surface area contributed by atoms with E-state index in [1.165, 1.54) is 0 Å². The average molecular weight is 438 g/mol. The van der Waals surface area contributed by atoms with Gasteiger partial charge in [-0.15, -0.1) is 0 Å². The van der Waals surface area contributed by atoms with Gasteiger partial charge in [-0.3, -0.25) is 9.89 Å². The van der Waals surface area contributed by atoms with E-state index >= 15 is 0 Å². The number of amides is 1. The topological polar surface area (TPSA) is 70.1 Å². The second kappa shape index (κ2) is 7.82. The fraction of sp³-hybridized carbons (Fsp3) is 0. The van der Waals surface area contributed by atoms with Crippen LogP contribution in [0.1, 0.15) is 16.1 Å². The Morgan fingerprint density at radius 1 is 1.16 bits per heavy atom. The first kappa shape index (κ1) is 17.7. The fourth-order valence-corrected chi connectivity index (χ4v) is 2.82. The summed E-state index contributed by atoms with van der Waals surface area (Å²) in [5.41, 5.74) is 4.80. The molecule has 0 saturated carbocycles. The van der Waals surface area contributed by atoms with Crippen molar-refractivity contribution in [3.63, 3.8) is 0 Å². The van der Waals surface area contributed by atoms with Crippen LogP contribution in [0.2, 0.25) is 10.0 Å². The maximum atomic E-state index is 12.1. The van der Waals surface area contributed by atoms with Crippen molar-refractivity contribution in [1.29, 1.82) is 0 Å². The smallest absolute Gasteiger partial charge is 0.272 e. The molecule has 0 saturated heterocycles. The summed E-state index contributed by atoms with van der Waals surface area (Å²) >= 11 is 15.4. The van der Waals surface area contributed by atoms with Crippen molar-refractivity contribution < 1.29 is 4.79 Å². The number of halogens is 3. The molecule has 1 aromatic heterocycles. The molecule has 0 atom stereocenters. The Morgan fingerprint density at radius 2 is 1.92 bits per heavy atom. The molecule has 25 heavy (non-hydrogen) atoms. The molecule has 0 aliphatic rings. The van der Waals surface area contributed by atoms with Crippen molar-refractivity contribution in [3.8, 4) is 11.3 Å². The lowest BCUT2D eigenvalue weighted by Crippen LogP contribution is -2.17. The van der Waals surface area contributed by atoms with Crippen LogP contribution < -0.4 is 5.43 Å². The SMILES string of the molecule is O=C(N/N=C\c1ccc(Br)cc1)c1cc(-c2ccc(Cl)cc2Cl)n[nH]1. The number of aromatic nitrogens is 2. The Morgan fingerprint density at radius 3 is 2.64 bits per heavy atom. The van der Waals surface area contributed by atoms with Gasteiger partial charge in [0.25, 0.3) is 5.91 Å². The molecule has 1 amide bonds. The zero-order chi connectivity index (χ0) is 17.8. The number of hydrazone groups is 1. The fourth-order valence-electron chi connectivity index (χ4n) is 2.05. The molecule has 0 aliphatic heterocycles. The number of nitrogens with one attached hydrogen (secondary N) is 2. The van der Waals surface area contributed by atoms with E-state index < -0.39 is 5.91 Å². The maximum Gasteiger partial charge on any atom is 0.289 e. The van der Waals surface area contributed by atoms with Crippen LogP contribution in [0.15, 0.2) is 58.1 Å². The molecule has 0 spiro atoms. The largest absolute Gasteiger partial charge is 0.289 e. The highest BCUT2D eigenvalue weighted by Gasteiger charge is 2.12. The summed E-state index contributed by atoms with van der Waals surface area (Å²) in [6, 6.07) is 14.2. The normalized spacial score (nSPS) is 11.0. The summed E-state index contributed by atoms with van der Waals surface area (Å²) in [6.07, 6.45) is 1.55. The first-order valence-electron chi connectivity index (χ1n) is 7.13. The van der Waals surface area contributed by atoms with Gasteiger partial charge in [-0.1, -0.05) is 51.3 Å². The lowest BCUT2D eigenvalue weighted by atomic mass is 10.1. The average Bonchev–Trinajstić information content (AvgIpc) is 3.06. The predicted molar refractivity (Wildman–Crippen MR) is 103 cm³/mol. The zero-order valence-electron chi connectivity index (χ0n) is 12.6. The molecule has 2 aromatic carbocycles. The van der Waals surface area contributed by atoms with Gasteiger partial charge in [-0.05, 0) is 42.0 Å². The van der Waals surface area contributed by atoms with Crippen molar-refractivity contribution in [3.05, 3.63) is 74.3 Å². The van der Waals surface area contributed by atoms with Gasteiger partial charge in [0.2, 0.25) is 0 Å². The molecule has 0 bridgehead atoms. The highest BCUT2D eigenvalue weighted by atomic mass is 79.9. The van der Waals surface area contributed by atoms with E-state index in [0.717, 1.165) is 10.0 Å². The van der Waals surface area contributed by atoms with Gasteiger partial charge in [0.1, 0.15) is 5.69 Å². The molecule has 0 unspecified atom stereocenters. The number of hydrogen-bond acceptors (Lipinski definition) is 3. The summed E-state index contributed by atoms with van der Waals surface area (Å²) < 4.78 is 0.972. The number of carbonyl (C=O) groups excluding carboxylic acids is 1. The third kappa shape index (κ3) is 4.48. The van der Waals surface area contributed by atoms with Gasteiger partial charge < -0.3 is 0 Å². The molecule has 5 nitrogen and oxygen atoms in total. The summed E-state index contributed by atoms with van der Waals surface area (Å²) in [6.45, 7) is 0. The van der Waals surface area contributed by atoms with E-state index in [1.807, 2.05) is 24.3 Å². The summed E-state index contributed by atoms with van der Waals surface area (Å²) in [5, 5.41) is 11.7. The van der Waals surface area contributed by atoms with Crippen LogP contribution >= 0.6 is 39.1 Å². The summed E-state index contributed by atoms with van der Waals surface area (Å²) in [5.74, 6) is -0.405. The standard InChI is InChI=1S/C17H11BrCl2N4O/c18-11-3-1-10(2-4-11)9-21-24-17(25)16-8-15(22-23-16)13-6-5-12(19)7-14(13)20/h1-9H,(H,22,23)(H,24,25)/b21-9-. The van der Waals surface area contributed by atoms with Gasteiger partial charge in [0.05, 0.1) is 16.9 Å². The number of aromatic amines is 1. The van der Waals surface area contributed by atoms with Crippen molar-refractivity contribution in [2.75, 3.05) is 0 Å². The molecule has 0 fully saturated rings. The van der Waals surface area contributed by atoms with Crippen LogP contribution in [-0.4, -0.2) is 22.3 Å². The maximum absolute atomic E-state index is 12.1. The van der Waals surface area contributed by atoms with E-state index in [-0.39, 0.29) is 5.69 Å². The zero-order valence-corrected chi connectivity index (χ0v) is 15.7. The van der Waals surface area contributed by atoms with Crippen LogP contribution in [0.3, 0.4) is 0 Å². The van der Waals surface area contributed by atoms with Crippen molar-refractivity contribution >= 4 is 51.3 Å². The van der Waals surface area contributed by atoms with E-state index in [4.69, 9.17) is 23.2 Å². The second-order valence-corrected chi connectivity index (χ2v) is 6.80. The van der Waals surface area contributed by atoms with Gasteiger partial charge in [0, 0.05) is 15.1 Å². The van der Waals surface area contributed by atoms with E-state index in [2.05, 4.69) is 36.7 Å². The minimum Gasteiger partial charge on any atom is -0.272 e. The molecule has 1 heterocycles. The number of carbonyl (C=O) groups is 1. The minimum absolute atomic E-state index is 0.272. The molecule has 3 rings (SSSR count). The van der Waals surface area contributed by atoms with Crippen LogP contribution in [0.4, 0.5) is 0 Å². The Bertz CT molecular complexity index is 938. The Balaban J connectivity index is 1.69. The highest BCUT2D eigenvalue weighted by molar-refractivity contribution is 9.10. The third-order valence-electron chi connectivity index (χ3n) is 3.28. The quantitative estimate of drug-likeness (QED) is 0.449. The van der Waals surface area contributed by atoms with Crippen LogP contribution in [0.25, 0.3) is 11.3 Å². The van der Waals surface area contributed by atoms with Gasteiger partial charge >= 0.3 is 0 Å². The number of rotatable bonds is 4. The number of nitrogens with zero attached hydrogens (tertiary/aromatic N) is 2. The second-order valence-electron chi connectivity index (χ2n) is 5.04. The molecule has 3 aromatic rings. The molecule has 126 valence electrons. The third-order valence-corrected chi connectivity index (χ3v) is 4.36. The van der Waals surface area contributed by atoms with Crippen molar-refractivity contribution in [1.82, 2.24) is 15.6 Å². The Kier molecular flexibility index (Phi) is 5.53. The van der Waals surface area contributed by atoms with Crippen molar-refractivity contribution in [2.24, 2.45) is 5.10 Å². The molecular weight excluding hydrogens is 427 g/mol. The number of benzene rings is 2. The molecule has 2 N–H and O–H groups in total. The summed E-state index contributed by atoms with van der Waals surface area (Å²) in [7, 11) is 0. The van der Waals surface area contributed by atoms with Crippen LogP contribution in [-0.2, 0) is 0 Å². The van der Waals surface area contributed by atoms with Crippen LogP contribution in [0.5, 0.6) is 0 Å². The number of hydrogen-bond donors (Lipinski definition) is 2. The lowest BCUT2D eigenvalue weighted by Gasteiger charge is -2.00. The van der Waals surface area contributed by atoms with E-state index in [9.17, 15) is 4.79 Å². The predicted octanol–water partition coefficient (Wildman–Crippen LogP) is 4.91. The van der Waals surface area contributed by atoms with E-state index in [0.29, 0.717) is 21.3 Å². The lowest BCUT2D eigenvalue weighted by molar-refractivity contribution is 0.0950. The number of H-pyrrole nitrogens is 1. The van der Waals surface area contributed by atoms with Gasteiger partial charge in [-0.2, -0.15) is 10.2 Å². The Labute approximate surface area is 162 Å². The molecule has 0 radical (unpaired) electrons. The van der Waals surface area contributed by atoms with Gasteiger partial charge in [-0.25, -0.2) is 5.43 Å². The first-order chi connectivity index (χ1) is 12.0. The Hall–Kier alpha value is -2.15. The summed E-state index contributed by atoms with van der Waals surface area (Å²) in [4.78, 5) is 12.1. The van der Waals surface area contributed by atoms with Crippen LogP contribution in [0, 0.1) is 0 Å². The minimum atomic E-state index is -0.405. The van der Waals surface area contributed by atoms with Crippen molar-refractivity contribution in [2.45, 2.75) is 0 Å². The molecule has 8 heteroatoms. The molecule has 0 aliphatic carbocycles. The van der Waals surface area contributed by atoms with Gasteiger partial charge in [0.15, 0.2) is 0 Å². The monoisotopic (exact) mass is 436 g/mol.